The number of benzene rings is 1. The number of halogens is 1. The van der Waals surface area contributed by atoms with Gasteiger partial charge in [0.1, 0.15) is 11.5 Å². The average Bonchev–Trinajstić information content (AvgIpc) is 2.94. The van der Waals surface area contributed by atoms with Gasteiger partial charge >= 0.3 is 0 Å². The maximum atomic E-state index is 13.6. The van der Waals surface area contributed by atoms with Crippen LogP contribution in [0.25, 0.3) is 22.6 Å². The third-order valence-electron chi connectivity index (χ3n) is 2.63. The molecule has 0 atom stereocenters. The van der Waals surface area contributed by atoms with Gasteiger partial charge in [-0.05, 0) is 12.1 Å². The highest BCUT2D eigenvalue weighted by atomic mass is 19.1. The molecule has 0 unspecified atom stereocenters. The van der Waals surface area contributed by atoms with Crippen molar-refractivity contribution in [2.75, 3.05) is 0 Å². The zero-order valence-electron chi connectivity index (χ0n) is 9.38. The van der Waals surface area contributed by atoms with E-state index in [1.807, 2.05) is 6.07 Å². The van der Waals surface area contributed by atoms with Gasteiger partial charge in [0.25, 0.3) is 0 Å². The largest absolute Gasteiger partial charge is 0.442 e. The van der Waals surface area contributed by atoms with E-state index in [1.54, 1.807) is 36.7 Å². The second kappa shape index (κ2) is 4.41. The van der Waals surface area contributed by atoms with Gasteiger partial charge in [0.2, 0.25) is 0 Å². The number of oxazole rings is 1. The topological polar surface area (TPSA) is 38.9 Å². The minimum atomic E-state index is -0.258. The molecule has 0 spiro atoms. The van der Waals surface area contributed by atoms with Crippen molar-refractivity contribution in [2.45, 2.75) is 0 Å². The van der Waals surface area contributed by atoms with Crippen LogP contribution in [0.5, 0.6) is 0 Å². The molecule has 0 fully saturated rings. The first-order valence-corrected chi connectivity index (χ1v) is 5.44. The van der Waals surface area contributed by atoms with Crippen molar-refractivity contribution in [1.29, 1.82) is 0 Å². The van der Waals surface area contributed by atoms with Gasteiger partial charge < -0.3 is 4.42 Å². The highest BCUT2D eigenvalue weighted by molar-refractivity contribution is 5.65. The molecule has 0 radical (unpaired) electrons. The third kappa shape index (κ3) is 1.88. The minimum Gasteiger partial charge on any atom is -0.442 e. The maximum absolute atomic E-state index is 13.6. The maximum Gasteiger partial charge on any atom is 0.181 e. The van der Waals surface area contributed by atoms with E-state index < -0.39 is 0 Å². The lowest BCUT2D eigenvalue weighted by Gasteiger charge is -2.03. The van der Waals surface area contributed by atoms with Crippen molar-refractivity contribution in [3.8, 4) is 22.6 Å². The van der Waals surface area contributed by atoms with Crippen molar-refractivity contribution in [3.63, 3.8) is 0 Å². The summed E-state index contributed by atoms with van der Waals surface area (Å²) in [4.78, 5) is 8.06. The summed E-state index contributed by atoms with van der Waals surface area (Å²) in [5.41, 5.74) is 1.94. The Labute approximate surface area is 103 Å². The lowest BCUT2D eigenvalue weighted by molar-refractivity contribution is 0.570. The van der Waals surface area contributed by atoms with Crippen molar-refractivity contribution < 1.29 is 8.81 Å². The zero-order valence-corrected chi connectivity index (χ0v) is 9.38. The van der Waals surface area contributed by atoms with Gasteiger partial charge in [-0.15, -0.1) is 0 Å². The predicted octanol–water partition coefficient (Wildman–Crippen LogP) is 3.54. The predicted molar refractivity (Wildman–Crippen MR) is 65.1 cm³/mol. The Morgan fingerprint density at radius 3 is 2.56 bits per heavy atom. The second-order valence-corrected chi connectivity index (χ2v) is 3.78. The van der Waals surface area contributed by atoms with Crippen LogP contribution in [-0.4, -0.2) is 9.97 Å². The average molecular weight is 240 g/mol. The van der Waals surface area contributed by atoms with Gasteiger partial charge in [-0.3, -0.25) is 4.98 Å². The fourth-order valence-electron chi connectivity index (χ4n) is 1.74. The van der Waals surface area contributed by atoms with Crippen LogP contribution in [0.15, 0.2) is 59.6 Å². The molecule has 2 heterocycles. The highest BCUT2D eigenvalue weighted by Crippen LogP contribution is 2.24. The van der Waals surface area contributed by atoms with E-state index in [0.717, 1.165) is 5.56 Å². The van der Waals surface area contributed by atoms with Crippen LogP contribution < -0.4 is 0 Å². The molecule has 0 saturated heterocycles. The molecule has 0 amide bonds. The number of rotatable bonds is 2. The van der Waals surface area contributed by atoms with Crippen LogP contribution in [0, 0.1) is 5.82 Å². The van der Waals surface area contributed by atoms with E-state index in [4.69, 9.17) is 4.42 Å². The number of pyridine rings is 1. The summed E-state index contributed by atoms with van der Waals surface area (Å²) < 4.78 is 18.7. The Morgan fingerprint density at radius 1 is 1.00 bits per heavy atom. The Hall–Kier alpha value is -2.49. The van der Waals surface area contributed by atoms with E-state index in [-0.39, 0.29) is 5.82 Å². The van der Waals surface area contributed by atoms with E-state index in [0.29, 0.717) is 17.0 Å². The second-order valence-electron chi connectivity index (χ2n) is 3.78. The van der Waals surface area contributed by atoms with Gasteiger partial charge in [-0.2, -0.15) is 0 Å². The van der Waals surface area contributed by atoms with Crippen LogP contribution in [0.4, 0.5) is 4.39 Å². The SMILES string of the molecule is Fc1ccccc1-c1ccc(-c2cnco2)nc1. The Balaban J connectivity index is 1.99. The fraction of sp³-hybridized carbons (Fsp3) is 0. The van der Waals surface area contributed by atoms with Crippen LogP contribution in [0.1, 0.15) is 0 Å². The molecule has 3 aromatic rings. The van der Waals surface area contributed by atoms with Gasteiger partial charge in [0.05, 0.1) is 6.20 Å². The normalized spacial score (nSPS) is 10.5. The molecule has 0 N–H and O–H groups in total. The van der Waals surface area contributed by atoms with Crippen molar-refractivity contribution in [3.05, 3.63) is 61.0 Å². The molecule has 2 aromatic heterocycles. The first kappa shape index (κ1) is 10.7. The monoisotopic (exact) mass is 240 g/mol. The molecule has 4 heteroatoms. The highest BCUT2D eigenvalue weighted by Gasteiger charge is 2.06. The molecule has 88 valence electrons. The number of aromatic nitrogens is 2. The zero-order chi connectivity index (χ0) is 12.4. The lowest BCUT2D eigenvalue weighted by Crippen LogP contribution is -1.86. The van der Waals surface area contributed by atoms with Gasteiger partial charge in [0.15, 0.2) is 12.2 Å². The first-order valence-electron chi connectivity index (χ1n) is 5.44. The molecular weight excluding hydrogens is 231 g/mol. The Bertz CT molecular complexity index is 648. The van der Waals surface area contributed by atoms with E-state index in [1.165, 1.54) is 12.5 Å². The van der Waals surface area contributed by atoms with E-state index >= 15 is 0 Å². The molecule has 0 aliphatic rings. The fourth-order valence-corrected chi connectivity index (χ4v) is 1.74. The Kier molecular flexibility index (Phi) is 2.61. The summed E-state index contributed by atoms with van der Waals surface area (Å²) in [5, 5.41) is 0. The molecule has 0 saturated carbocycles. The minimum absolute atomic E-state index is 0.258. The molecule has 3 nitrogen and oxygen atoms in total. The molecule has 1 aromatic carbocycles. The van der Waals surface area contributed by atoms with E-state index in [9.17, 15) is 4.39 Å². The molecule has 0 aliphatic heterocycles. The van der Waals surface area contributed by atoms with Gasteiger partial charge in [0, 0.05) is 17.3 Å². The van der Waals surface area contributed by atoms with Crippen molar-refractivity contribution in [2.24, 2.45) is 0 Å². The van der Waals surface area contributed by atoms with Crippen LogP contribution in [0.2, 0.25) is 0 Å². The summed E-state index contributed by atoms with van der Waals surface area (Å²) in [6.07, 6.45) is 4.56. The smallest absolute Gasteiger partial charge is 0.181 e. The van der Waals surface area contributed by atoms with Crippen LogP contribution >= 0.6 is 0 Å². The first-order chi connectivity index (χ1) is 8.84. The summed E-state index contributed by atoms with van der Waals surface area (Å²) in [6, 6.07) is 10.2. The number of hydrogen-bond donors (Lipinski definition) is 0. The Morgan fingerprint density at radius 2 is 1.89 bits per heavy atom. The third-order valence-corrected chi connectivity index (χ3v) is 2.63. The molecular formula is C14H9FN2O. The van der Waals surface area contributed by atoms with E-state index in [2.05, 4.69) is 9.97 Å². The summed E-state index contributed by atoms with van der Waals surface area (Å²) >= 11 is 0. The number of hydrogen-bond acceptors (Lipinski definition) is 3. The summed E-state index contributed by atoms with van der Waals surface area (Å²) in [5.74, 6) is 0.335. The number of nitrogens with zero attached hydrogens (tertiary/aromatic N) is 2. The molecule has 3 rings (SSSR count). The van der Waals surface area contributed by atoms with Crippen LogP contribution in [0.3, 0.4) is 0 Å². The summed E-state index contributed by atoms with van der Waals surface area (Å²) in [6.45, 7) is 0. The summed E-state index contributed by atoms with van der Waals surface area (Å²) in [7, 11) is 0. The van der Waals surface area contributed by atoms with Crippen molar-refractivity contribution >= 4 is 0 Å². The van der Waals surface area contributed by atoms with Gasteiger partial charge in [-0.25, -0.2) is 9.37 Å². The molecule has 0 bridgehead atoms. The van der Waals surface area contributed by atoms with Crippen LogP contribution in [-0.2, 0) is 0 Å². The quantitative estimate of drug-likeness (QED) is 0.687. The van der Waals surface area contributed by atoms with Crippen molar-refractivity contribution in [1.82, 2.24) is 9.97 Å². The lowest BCUT2D eigenvalue weighted by atomic mass is 10.1. The molecule has 18 heavy (non-hydrogen) atoms. The molecule has 0 aliphatic carbocycles. The standard InChI is InChI=1S/C14H9FN2O/c15-12-4-2-1-3-11(12)10-5-6-13(17-7-10)14-8-16-9-18-14/h1-9H. The van der Waals surface area contributed by atoms with Gasteiger partial charge in [-0.1, -0.05) is 24.3 Å².